The second-order valence-corrected chi connectivity index (χ2v) is 4.61. The Bertz CT molecular complexity index is 377. The van der Waals surface area contributed by atoms with E-state index in [2.05, 4.69) is 18.8 Å². The Morgan fingerprint density at radius 2 is 2.33 bits per heavy atom. The Balaban J connectivity index is 2.17. The predicted octanol–water partition coefficient (Wildman–Crippen LogP) is 1.99. The van der Waals surface area contributed by atoms with Crippen LogP contribution in [-0.2, 0) is 16.6 Å². The van der Waals surface area contributed by atoms with Crippen LogP contribution in [0.25, 0.3) is 0 Å². The van der Waals surface area contributed by atoms with Gasteiger partial charge in [-0.3, -0.25) is 4.79 Å². The molecule has 0 aromatic carbocycles. The molecule has 0 unspecified atom stereocenters. The zero-order chi connectivity index (χ0) is 11.1. The van der Waals surface area contributed by atoms with Crippen LogP contribution in [0, 0.1) is 5.92 Å². The number of carboxylic acids is 1. The van der Waals surface area contributed by atoms with Gasteiger partial charge in [-0.2, -0.15) is 0 Å². The molecule has 1 aromatic rings. The van der Waals surface area contributed by atoms with E-state index in [1.54, 1.807) is 0 Å². The highest BCUT2D eigenvalue weighted by molar-refractivity contribution is 5.84. The van der Waals surface area contributed by atoms with Crippen molar-refractivity contribution in [2.24, 2.45) is 5.92 Å². The van der Waals surface area contributed by atoms with Gasteiger partial charge >= 0.3 is 5.97 Å². The third-order valence-electron chi connectivity index (χ3n) is 2.78. The lowest BCUT2D eigenvalue weighted by molar-refractivity contribution is -0.140. The highest BCUT2D eigenvalue weighted by Gasteiger charge is 2.54. The lowest BCUT2D eigenvalue weighted by Gasteiger charge is -2.03. The van der Waals surface area contributed by atoms with Crippen molar-refractivity contribution in [2.75, 3.05) is 0 Å². The Hall–Kier alpha value is -1.32. The van der Waals surface area contributed by atoms with E-state index in [1.165, 1.54) is 6.26 Å². The van der Waals surface area contributed by atoms with Gasteiger partial charge in [-0.15, -0.1) is 0 Å². The normalized spacial score (nSPS) is 18.1. The maximum absolute atomic E-state index is 11.0. The van der Waals surface area contributed by atoms with E-state index in [4.69, 9.17) is 9.52 Å². The van der Waals surface area contributed by atoms with Gasteiger partial charge in [-0.1, -0.05) is 13.8 Å². The van der Waals surface area contributed by atoms with E-state index in [9.17, 15) is 4.79 Å². The third kappa shape index (κ3) is 1.76. The summed E-state index contributed by atoms with van der Waals surface area (Å²) in [5.41, 5.74) is -0.149. The van der Waals surface area contributed by atoms with Gasteiger partial charge in [0.25, 0.3) is 0 Å². The number of aliphatic carboxylic acids is 1. The number of carboxylic acid groups (broad SMARTS) is 1. The number of aromatic nitrogens is 1. The average molecular weight is 209 g/mol. The number of nitrogens with zero attached hydrogens (tertiary/aromatic N) is 1. The lowest BCUT2D eigenvalue weighted by Crippen LogP contribution is -2.19. The van der Waals surface area contributed by atoms with E-state index in [1.807, 2.05) is 0 Å². The van der Waals surface area contributed by atoms with E-state index in [-0.39, 0.29) is 0 Å². The summed E-state index contributed by atoms with van der Waals surface area (Å²) in [6.07, 6.45) is 3.61. The molecule has 1 fully saturated rings. The molecular formula is C11H15NO3. The molecule has 0 atom stereocenters. The molecular weight excluding hydrogens is 194 g/mol. The third-order valence-corrected chi connectivity index (χ3v) is 2.78. The van der Waals surface area contributed by atoms with E-state index < -0.39 is 11.4 Å². The molecule has 1 aliphatic rings. The van der Waals surface area contributed by atoms with Gasteiger partial charge in [-0.05, 0) is 18.8 Å². The summed E-state index contributed by atoms with van der Waals surface area (Å²) in [4.78, 5) is 15.3. The highest BCUT2D eigenvalue weighted by Crippen LogP contribution is 2.47. The van der Waals surface area contributed by atoms with Crippen molar-refractivity contribution in [1.29, 1.82) is 0 Å². The number of hydrogen-bond donors (Lipinski definition) is 1. The molecule has 0 amide bonds. The summed E-state index contributed by atoms with van der Waals surface area (Å²) >= 11 is 0. The first-order chi connectivity index (χ1) is 7.04. The molecule has 4 heteroatoms. The van der Waals surface area contributed by atoms with Crippen LogP contribution in [0.1, 0.15) is 38.3 Å². The van der Waals surface area contributed by atoms with Crippen LogP contribution in [0.3, 0.4) is 0 Å². The minimum Gasteiger partial charge on any atom is -0.481 e. The van der Waals surface area contributed by atoms with Crippen LogP contribution in [0.4, 0.5) is 0 Å². The van der Waals surface area contributed by atoms with Crippen molar-refractivity contribution in [2.45, 2.75) is 38.5 Å². The summed E-state index contributed by atoms with van der Waals surface area (Å²) in [6, 6.07) is 0. The fraction of sp³-hybridized carbons (Fsp3) is 0.636. The van der Waals surface area contributed by atoms with Crippen molar-refractivity contribution in [3.05, 3.63) is 17.8 Å². The first-order valence-electron chi connectivity index (χ1n) is 5.23. The minimum absolute atomic E-state index is 0.469. The van der Waals surface area contributed by atoms with Gasteiger partial charge < -0.3 is 9.52 Å². The van der Waals surface area contributed by atoms with E-state index in [0.717, 1.165) is 6.42 Å². The first-order valence-corrected chi connectivity index (χ1v) is 5.23. The molecule has 0 saturated heterocycles. The van der Waals surface area contributed by atoms with Crippen molar-refractivity contribution < 1.29 is 14.3 Å². The fourth-order valence-corrected chi connectivity index (χ4v) is 1.68. The zero-order valence-corrected chi connectivity index (χ0v) is 8.99. The summed E-state index contributed by atoms with van der Waals surface area (Å²) in [6.45, 7) is 4.15. The Morgan fingerprint density at radius 1 is 1.67 bits per heavy atom. The monoisotopic (exact) mass is 209 g/mol. The van der Waals surface area contributed by atoms with Crippen molar-refractivity contribution in [3.8, 4) is 0 Å². The number of rotatable bonds is 4. The van der Waals surface area contributed by atoms with Gasteiger partial charge in [0.1, 0.15) is 11.7 Å². The molecule has 1 heterocycles. The van der Waals surface area contributed by atoms with Gasteiger partial charge in [0, 0.05) is 6.42 Å². The average Bonchev–Trinajstić information content (AvgIpc) is 2.83. The fourth-order valence-electron chi connectivity index (χ4n) is 1.68. The molecule has 0 radical (unpaired) electrons. The topological polar surface area (TPSA) is 63.3 Å². The van der Waals surface area contributed by atoms with Gasteiger partial charge in [0.05, 0.1) is 5.69 Å². The number of hydrogen-bond acceptors (Lipinski definition) is 3. The van der Waals surface area contributed by atoms with Crippen LogP contribution >= 0.6 is 0 Å². The Kier molecular flexibility index (Phi) is 2.29. The van der Waals surface area contributed by atoms with Crippen LogP contribution in [0.5, 0.6) is 0 Å². The number of carbonyl (C=O) groups is 1. The molecule has 1 saturated carbocycles. The highest BCUT2D eigenvalue weighted by atomic mass is 16.4. The van der Waals surface area contributed by atoms with Crippen LogP contribution < -0.4 is 0 Å². The van der Waals surface area contributed by atoms with Crippen LogP contribution in [-0.4, -0.2) is 16.1 Å². The predicted molar refractivity (Wildman–Crippen MR) is 53.6 cm³/mol. The molecule has 4 nitrogen and oxygen atoms in total. The van der Waals surface area contributed by atoms with Gasteiger partial charge in [0.2, 0.25) is 0 Å². The molecule has 0 aliphatic heterocycles. The standard InChI is InChI=1S/C11H15NO3/c1-7(2)5-9-12-8(6-15-9)11(3-4-11)10(13)14/h6-7H,3-5H2,1-2H3,(H,13,14). The lowest BCUT2D eigenvalue weighted by atomic mass is 10.0. The Morgan fingerprint density at radius 3 is 2.80 bits per heavy atom. The second-order valence-electron chi connectivity index (χ2n) is 4.61. The summed E-state index contributed by atoms with van der Waals surface area (Å²) in [7, 11) is 0. The molecule has 1 aliphatic carbocycles. The molecule has 15 heavy (non-hydrogen) atoms. The molecule has 1 aromatic heterocycles. The Labute approximate surface area is 88.3 Å². The van der Waals surface area contributed by atoms with Crippen molar-refractivity contribution >= 4 is 5.97 Å². The smallest absolute Gasteiger partial charge is 0.315 e. The van der Waals surface area contributed by atoms with Crippen LogP contribution in [0.15, 0.2) is 10.7 Å². The number of oxazole rings is 1. The minimum atomic E-state index is -0.785. The van der Waals surface area contributed by atoms with Crippen LogP contribution in [0.2, 0.25) is 0 Å². The van der Waals surface area contributed by atoms with Gasteiger partial charge in [0.15, 0.2) is 5.89 Å². The summed E-state index contributed by atoms with van der Waals surface area (Å²) in [5, 5.41) is 9.07. The molecule has 2 rings (SSSR count). The zero-order valence-electron chi connectivity index (χ0n) is 8.99. The SMILES string of the molecule is CC(C)Cc1nc(C2(C(=O)O)CC2)co1. The quantitative estimate of drug-likeness (QED) is 0.823. The molecule has 1 N–H and O–H groups in total. The summed E-state index contributed by atoms with van der Waals surface area (Å²) in [5.74, 6) is 0.330. The van der Waals surface area contributed by atoms with Crippen molar-refractivity contribution in [3.63, 3.8) is 0 Å². The maximum atomic E-state index is 11.0. The maximum Gasteiger partial charge on any atom is 0.315 e. The van der Waals surface area contributed by atoms with E-state index in [0.29, 0.717) is 30.3 Å². The van der Waals surface area contributed by atoms with E-state index >= 15 is 0 Å². The largest absolute Gasteiger partial charge is 0.481 e. The molecule has 0 spiro atoms. The van der Waals surface area contributed by atoms with Crippen molar-refractivity contribution in [1.82, 2.24) is 4.98 Å². The van der Waals surface area contributed by atoms with Gasteiger partial charge in [-0.25, -0.2) is 4.98 Å². The molecule has 82 valence electrons. The second kappa shape index (κ2) is 3.36. The first kappa shape index (κ1) is 10.2. The summed E-state index contributed by atoms with van der Waals surface area (Å²) < 4.78 is 5.28. The molecule has 0 bridgehead atoms.